The van der Waals surface area contributed by atoms with E-state index in [0.29, 0.717) is 6.42 Å². The van der Waals surface area contributed by atoms with Crippen molar-refractivity contribution in [2.24, 2.45) is 5.41 Å². The fourth-order valence-corrected chi connectivity index (χ4v) is 4.29. The summed E-state index contributed by atoms with van der Waals surface area (Å²) < 4.78 is 29.8. The van der Waals surface area contributed by atoms with Crippen molar-refractivity contribution in [3.8, 4) is 0 Å². The lowest BCUT2D eigenvalue weighted by Gasteiger charge is -2.29. The molecule has 0 spiro atoms. The first-order valence-electron chi connectivity index (χ1n) is 8.98. The Balaban J connectivity index is 2.34. The van der Waals surface area contributed by atoms with Crippen LogP contribution in [0.25, 0.3) is 0 Å². The Morgan fingerprint density at radius 1 is 1.32 bits per heavy atom. The van der Waals surface area contributed by atoms with E-state index in [2.05, 4.69) is 4.98 Å². The van der Waals surface area contributed by atoms with Gasteiger partial charge in [-0.15, -0.1) is 0 Å². The van der Waals surface area contributed by atoms with Crippen molar-refractivity contribution in [1.82, 2.24) is 9.55 Å². The highest BCUT2D eigenvalue weighted by Crippen LogP contribution is 2.51. The number of nitrogens with two attached hydrogens (primary N) is 1. The molecule has 4 N–H and O–H groups in total. The molecule has 28 heavy (non-hydrogen) atoms. The van der Waals surface area contributed by atoms with E-state index in [1.807, 2.05) is 20.8 Å². The summed E-state index contributed by atoms with van der Waals surface area (Å²) in [6.45, 7) is 10.7. The van der Waals surface area contributed by atoms with Gasteiger partial charge in [0.25, 0.3) is 0 Å². The summed E-state index contributed by atoms with van der Waals surface area (Å²) in [4.78, 5) is 25.9. The standard InChI is InChI=1S/C17H30N3O7P/c1-16(2,3)9-10-13(26-28(23,24)27-17(4,5)6)12(21)14(25-10)20-8-7-11(18)19-15(20)22/h7-8,10,12-14,21H,9H2,1-6H3,(H,23,24)(H2,18,19,22)/t10-,12?,13+,14-/m1/s1. The molecule has 0 saturated carbocycles. The first-order valence-corrected chi connectivity index (χ1v) is 10.5. The molecule has 10 nitrogen and oxygen atoms in total. The normalized spacial score (nSPS) is 28.3. The Morgan fingerprint density at radius 3 is 2.43 bits per heavy atom. The molecule has 2 heterocycles. The molecule has 5 atom stereocenters. The van der Waals surface area contributed by atoms with Crippen LogP contribution >= 0.6 is 7.82 Å². The monoisotopic (exact) mass is 419 g/mol. The Morgan fingerprint density at radius 2 is 1.93 bits per heavy atom. The third-order valence-electron chi connectivity index (χ3n) is 3.89. The van der Waals surface area contributed by atoms with Crippen molar-refractivity contribution in [3.05, 3.63) is 22.7 Å². The molecule has 1 saturated heterocycles. The molecule has 0 bridgehead atoms. The van der Waals surface area contributed by atoms with Crippen LogP contribution < -0.4 is 11.4 Å². The highest BCUT2D eigenvalue weighted by atomic mass is 31.2. The molecule has 0 aromatic carbocycles. The number of nitrogen functional groups attached to an aromatic ring is 1. The summed E-state index contributed by atoms with van der Waals surface area (Å²) in [5, 5.41) is 10.8. The topological polar surface area (TPSA) is 146 Å². The van der Waals surface area contributed by atoms with Crippen LogP contribution in [0.5, 0.6) is 0 Å². The van der Waals surface area contributed by atoms with Crippen molar-refractivity contribution >= 4 is 13.6 Å². The van der Waals surface area contributed by atoms with Gasteiger partial charge in [0.2, 0.25) is 0 Å². The van der Waals surface area contributed by atoms with Crippen molar-refractivity contribution in [2.45, 2.75) is 78.1 Å². The lowest BCUT2D eigenvalue weighted by Crippen LogP contribution is -2.38. The van der Waals surface area contributed by atoms with E-state index in [9.17, 15) is 19.4 Å². The van der Waals surface area contributed by atoms with Gasteiger partial charge in [-0.2, -0.15) is 4.98 Å². The van der Waals surface area contributed by atoms with Gasteiger partial charge in [0.05, 0.1) is 11.7 Å². The highest BCUT2D eigenvalue weighted by molar-refractivity contribution is 7.47. The zero-order valence-electron chi connectivity index (χ0n) is 17.0. The molecule has 1 aliphatic heterocycles. The number of nitrogens with zero attached hydrogens (tertiary/aromatic N) is 2. The predicted molar refractivity (Wildman–Crippen MR) is 102 cm³/mol. The van der Waals surface area contributed by atoms with Gasteiger partial charge in [0, 0.05) is 6.20 Å². The molecule has 160 valence electrons. The quantitative estimate of drug-likeness (QED) is 0.608. The van der Waals surface area contributed by atoms with E-state index in [1.54, 1.807) is 20.8 Å². The molecule has 1 aromatic heterocycles. The number of ether oxygens (including phenoxy) is 1. The van der Waals surface area contributed by atoms with E-state index in [4.69, 9.17) is 19.5 Å². The number of phosphoric acid groups is 1. The minimum absolute atomic E-state index is 0.0335. The fourth-order valence-electron chi connectivity index (χ4n) is 2.99. The van der Waals surface area contributed by atoms with Crippen LogP contribution in [0.3, 0.4) is 0 Å². The Hall–Kier alpha value is -1.29. The van der Waals surface area contributed by atoms with E-state index in [0.717, 1.165) is 4.57 Å². The first-order chi connectivity index (χ1) is 12.6. The van der Waals surface area contributed by atoms with Gasteiger partial charge in [-0.3, -0.25) is 13.6 Å². The molecule has 0 radical (unpaired) electrons. The van der Waals surface area contributed by atoms with E-state index >= 15 is 0 Å². The highest BCUT2D eigenvalue weighted by Gasteiger charge is 2.50. The average molecular weight is 419 g/mol. The van der Waals surface area contributed by atoms with Crippen LogP contribution in [0.4, 0.5) is 5.82 Å². The van der Waals surface area contributed by atoms with Gasteiger partial charge < -0.3 is 20.5 Å². The number of anilines is 1. The largest absolute Gasteiger partial charge is 0.473 e. The second-order valence-corrected chi connectivity index (χ2v) is 10.4. The summed E-state index contributed by atoms with van der Waals surface area (Å²) >= 11 is 0. The maximum atomic E-state index is 12.4. The number of hydrogen-bond acceptors (Lipinski definition) is 8. The Kier molecular flexibility index (Phi) is 6.45. The maximum Gasteiger partial charge on any atom is 0.473 e. The molecule has 2 rings (SSSR count). The van der Waals surface area contributed by atoms with Crippen molar-refractivity contribution in [1.29, 1.82) is 0 Å². The van der Waals surface area contributed by atoms with E-state index in [-0.39, 0.29) is 11.2 Å². The number of aliphatic hydroxyl groups is 1. The second-order valence-electron chi connectivity index (χ2n) is 9.10. The van der Waals surface area contributed by atoms with Crippen LogP contribution in [0, 0.1) is 5.41 Å². The van der Waals surface area contributed by atoms with Gasteiger partial charge in [-0.25, -0.2) is 9.36 Å². The zero-order chi connectivity index (χ0) is 21.5. The summed E-state index contributed by atoms with van der Waals surface area (Å²) in [5.41, 5.74) is 3.61. The molecule has 2 unspecified atom stereocenters. The molecule has 0 amide bonds. The summed E-state index contributed by atoms with van der Waals surface area (Å²) in [6, 6.07) is 1.39. The van der Waals surface area contributed by atoms with Crippen LogP contribution in [-0.4, -0.2) is 43.5 Å². The minimum atomic E-state index is -4.50. The van der Waals surface area contributed by atoms with Gasteiger partial charge >= 0.3 is 13.5 Å². The second kappa shape index (κ2) is 7.85. The summed E-state index contributed by atoms with van der Waals surface area (Å²) in [5.74, 6) is 0.0335. The fraction of sp³-hybridized carbons (Fsp3) is 0.765. The Bertz CT molecular complexity index is 799. The smallest absolute Gasteiger partial charge is 0.386 e. The SMILES string of the molecule is CC(C)(C)C[C@H]1O[C@@H](n2ccc(N)nc2=O)C(O)[C@H]1OP(=O)(O)OC(C)(C)C. The van der Waals surface area contributed by atoms with E-state index < -0.39 is 43.7 Å². The molecule has 11 heteroatoms. The molecule has 1 aliphatic rings. The van der Waals surface area contributed by atoms with Crippen LogP contribution in [0.1, 0.15) is 54.2 Å². The lowest BCUT2D eigenvalue weighted by atomic mass is 9.87. The third-order valence-corrected chi connectivity index (χ3v) is 5.18. The lowest BCUT2D eigenvalue weighted by molar-refractivity contribution is -0.0503. The predicted octanol–water partition coefficient (Wildman–Crippen LogP) is 1.82. The molecule has 1 aromatic rings. The van der Waals surface area contributed by atoms with Crippen LogP contribution in [-0.2, 0) is 18.3 Å². The number of aliphatic hydroxyl groups excluding tert-OH is 1. The number of hydrogen-bond donors (Lipinski definition) is 3. The average Bonchev–Trinajstić information content (AvgIpc) is 2.71. The summed E-state index contributed by atoms with van der Waals surface area (Å²) in [6.07, 6.45) is -2.75. The van der Waals surface area contributed by atoms with Gasteiger partial charge in [0.1, 0.15) is 18.0 Å². The van der Waals surface area contributed by atoms with Crippen molar-refractivity contribution in [2.75, 3.05) is 5.73 Å². The Labute approximate surface area is 164 Å². The molecule has 1 fully saturated rings. The van der Waals surface area contributed by atoms with Gasteiger partial charge in [0.15, 0.2) is 6.23 Å². The molecular weight excluding hydrogens is 389 g/mol. The van der Waals surface area contributed by atoms with Crippen LogP contribution in [0.2, 0.25) is 0 Å². The maximum absolute atomic E-state index is 12.4. The van der Waals surface area contributed by atoms with Crippen molar-refractivity contribution < 1.29 is 28.3 Å². The molecular formula is C17H30N3O7P. The number of rotatable bonds is 5. The summed E-state index contributed by atoms with van der Waals surface area (Å²) in [7, 11) is -4.50. The zero-order valence-corrected chi connectivity index (χ0v) is 17.9. The van der Waals surface area contributed by atoms with E-state index in [1.165, 1.54) is 12.3 Å². The number of aromatic nitrogens is 2. The minimum Gasteiger partial charge on any atom is -0.386 e. The van der Waals surface area contributed by atoms with Gasteiger partial charge in [-0.1, -0.05) is 20.8 Å². The molecule has 0 aliphatic carbocycles. The van der Waals surface area contributed by atoms with Crippen molar-refractivity contribution in [3.63, 3.8) is 0 Å². The number of phosphoric ester groups is 1. The van der Waals surface area contributed by atoms with Gasteiger partial charge in [-0.05, 0) is 38.7 Å². The van der Waals surface area contributed by atoms with Crippen LogP contribution in [0.15, 0.2) is 17.1 Å². The third kappa shape index (κ3) is 6.10. The first kappa shape index (κ1) is 23.0.